The molecular formula is C30H32Ir2N4+2. The largest absolute Gasteiger partial charge is 3.00 e. The van der Waals surface area contributed by atoms with Crippen molar-refractivity contribution >= 4 is 0 Å². The van der Waals surface area contributed by atoms with Crippen molar-refractivity contribution in [2.24, 2.45) is 0 Å². The fraction of sp³-hybridized carbons (Fsp3) is 0.267. The van der Waals surface area contributed by atoms with Crippen LogP contribution in [-0.2, 0) is 40.2 Å². The molecule has 4 nitrogen and oxygen atoms in total. The second-order valence-electron chi connectivity index (χ2n) is 9.24. The summed E-state index contributed by atoms with van der Waals surface area (Å²) in [5.74, 6) is 0. The first-order valence-electron chi connectivity index (χ1n) is 11.5. The van der Waals surface area contributed by atoms with Gasteiger partial charge in [0.05, 0.1) is 0 Å². The summed E-state index contributed by atoms with van der Waals surface area (Å²) in [7, 11) is 0. The van der Waals surface area contributed by atoms with Crippen LogP contribution in [0.5, 0.6) is 0 Å². The van der Waals surface area contributed by atoms with Gasteiger partial charge in [-0.05, 0) is 23.5 Å². The Balaban J connectivity index is 0.000000253. The van der Waals surface area contributed by atoms with Crippen LogP contribution in [0.25, 0.3) is 33.1 Å². The zero-order valence-electron chi connectivity index (χ0n) is 21.1. The number of hydrogen-bond donors (Lipinski definition) is 0. The molecule has 2 aliphatic rings. The second-order valence-corrected chi connectivity index (χ2v) is 9.24. The molecule has 0 radical (unpaired) electrons. The molecule has 0 atom stereocenters. The molecule has 2 saturated heterocycles. The van der Waals surface area contributed by atoms with E-state index in [1.165, 1.54) is 0 Å². The van der Waals surface area contributed by atoms with Gasteiger partial charge in [0, 0.05) is 12.4 Å². The summed E-state index contributed by atoms with van der Waals surface area (Å²) in [5.41, 5.74) is 4.77. The predicted molar refractivity (Wildman–Crippen MR) is 142 cm³/mol. The Morgan fingerprint density at radius 3 is 1.14 bits per heavy atom. The van der Waals surface area contributed by atoms with Crippen LogP contribution in [0.4, 0.5) is 0 Å². The standard InChI is InChI=1S/2C11H8N.2C4H8N.2Ir/c2*1-2-6-10(7-3-1)11-8-4-5-9-12-11;2*1-4(2)3-5-4;;/h2*1-6,8-9H;2*3H2,1-2H3;;/q4*-1;2*+3. The first kappa shape index (κ1) is 32.0. The minimum Gasteiger partial charge on any atom is -0.660 e. The molecule has 0 aliphatic carbocycles. The van der Waals surface area contributed by atoms with Gasteiger partial charge in [-0.25, -0.2) is 0 Å². The predicted octanol–water partition coefficient (Wildman–Crippen LogP) is 7.40. The summed E-state index contributed by atoms with van der Waals surface area (Å²) in [5, 5.41) is 8.07. The maximum absolute atomic E-state index is 4.22. The molecule has 2 aromatic heterocycles. The first-order chi connectivity index (χ1) is 16.3. The molecule has 4 heterocycles. The topological polar surface area (TPSA) is 54.0 Å². The normalized spacial score (nSPS) is 14.8. The number of rotatable bonds is 2. The minimum absolute atomic E-state index is 0. The van der Waals surface area contributed by atoms with E-state index < -0.39 is 0 Å². The van der Waals surface area contributed by atoms with Gasteiger partial charge in [-0.15, -0.1) is 82.9 Å². The van der Waals surface area contributed by atoms with Crippen molar-refractivity contribution in [2.75, 3.05) is 13.1 Å². The average molecular weight is 833 g/mol. The third kappa shape index (κ3) is 13.3. The van der Waals surface area contributed by atoms with E-state index in [1.54, 1.807) is 12.4 Å². The van der Waals surface area contributed by atoms with Gasteiger partial charge in [-0.3, -0.25) is 0 Å². The fourth-order valence-electron chi connectivity index (χ4n) is 2.47. The van der Waals surface area contributed by atoms with Crippen LogP contribution >= 0.6 is 0 Å². The van der Waals surface area contributed by atoms with Crippen molar-refractivity contribution in [3.63, 3.8) is 0 Å². The van der Waals surface area contributed by atoms with E-state index in [-0.39, 0.29) is 40.2 Å². The number of aromatic nitrogens is 2. The Morgan fingerprint density at radius 1 is 0.583 bits per heavy atom. The Bertz CT molecular complexity index is 913. The van der Waals surface area contributed by atoms with Gasteiger partial charge >= 0.3 is 40.2 Å². The zero-order chi connectivity index (χ0) is 24.3. The summed E-state index contributed by atoms with van der Waals surface area (Å²) in [6.45, 7) is 10.7. The fourth-order valence-corrected chi connectivity index (χ4v) is 2.47. The summed E-state index contributed by atoms with van der Waals surface area (Å²) < 4.78 is 0. The monoisotopic (exact) mass is 834 g/mol. The molecule has 2 fully saturated rings. The van der Waals surface area contributed by atoms with Gasteiger partial charge in [-0.2, -0.15) is 13.1 Å². The van der Waals surface area contributed by atoms with Gasteiger partial charge in [0.25, 0.3) is 0 Å². The van der Waals surface area contributed by atoms with Crippen molar-refractivity contribution in [3.8, 4) is 22.5 Å². The molecule has 0 saturated carbocycles. The second kappa shape index (κ2) is 15.9. The molecule has 0 N–H and O–H groups in total. The summed E-state index contributed by atoms with van der Waals surface area (Å²) in [4.78, 5) is 8.44. The number of pyridine rings is 2. The van der Waals surface area contributed by atoms with Crippen molar-refractivity contribution in [1.29, 1.82) is 0 Å². The first-order valence-corrected chi connectivity index (χ1v) is 11.5. The maximum atomic E-state index is 4.22. The molecule has 4 aromatic rings. The van der Waals surface area contributed by atoms with Crippen LogP contribution in [0.1, 0.15) is 27.7 Å². The van der Waals surface area contributed by atoms with Gasteiger partial charge in [0.15, 0.2) is 0 Å². The van der Waals surface area contributed by atoms with Crippen LogP contribution in [0.2, 0.25) is 0 Å². The van der Waals surface area contributed by atoms with Crippen molar-refractivity contribution in [3.05, 3.63) is 120 Å². The van der Waals surface area contributed by atoms with Crippen LogP contribution in [0.15, 0.2) is 97.3 Å². The number of hydrogen-bond acceptors (Lipinski definition) is 2. The van der Waals surface area contributed by atoms with Crippen molar-refractivity contribution < 1.29 is 40.2 Å². The molecule has 36 heavy (non-hydrogen) atoms. The zero-order valence-corrected chi connectivity index (χ0v) is 25.9. The van der Waals surface area contributed by atoms with Gasteiger partial charge in [-0.1, -0.05) is 52.0 Å². The van der Waals surface area contributed by atoms with Crippen molar-refractivity contribution in [1.82, 2.24) is 9.97 Å². The van der Waals surface area contributed by atoms with Crippen LogP contribution in [0, 0.1) is 12.1 Å². The summed E-state index contributed by atoms with van der Waals surface area (Å²) >= 11 is 0. The average Bonchev–Trinajstić information content (AvgIpc) is 3.80. The van der Waals surface area contributed by atoms with E-state index in [1.807, 2.05) is 84.9 Å². The van der Waals surface area contributed by atoms with Crippen LogP contribution < -0.4 is 0 Å². The maximum Gasteiger partial charge on any atom is 3.00 e. The Morgan fingerprint density at radius 2 is 0.917 bits per heavy atom. The van der Waals surface area contributed by atoms with Gasteiger partial charge in [0.1, 0.15) is 0 Å². The van der Waals surface area contributed by atoms with Gasteiger partial charge < -0.3 is 20.6 Å². The smallest absolute Gasteiger partial charge is 0.660 e. The molecule has 2 aromatic carbocycles. The Kier molecular flexibility index (Phi) is 14.2. The van der Waals surface area contributed by atoms with E-state index in [2.05, 4.69) is 60.4 Å². The SMILES string of the molecule is CC1(C)C[N-]1.CC1(C)C[N-]1.[Ir+3].[Ir+3].[c-]1ccccc1-c1ccccn1.[c-]1ccccc1-c1ccccn1. The molecule has 188 valence electrons. The third-order valence-corrected chi connectivity index (χ3v) is 4.88. The van der Waals surface area contributed by atoms with E-state index in [4.69, 9.17) is 0 Å². The van der Waals surface area contributed by atoms with E-state index in [0.717, 1.165) is 35.6 Å². The minimum atomic E-state index is 0. The molecule has 0 amide bonds. The third-order valence-electron chi connectivity index (χ3n) is 4.88. The van der Waals surface area contributed by atoms with E-state index >= 15 is 0 Å². The molecule has 6 rings (SSSR count). The molecule has 2 aliphatic heterocycles. The number of benzene rings is 2. The molecule has 0 unspecified atom stereocenters. The quantitative estimate of drug-likeness (QED) is 0.156. The number of nitrogens with zero attached hydrogens (tertiary/aromatic N) is 4. The summed E-state index contributed by atoms with van der Waals surface area (Å²) in [6, 6.07) is 33.6. The van der Waals surface area contributed by atoms with Crippen molar-refractivity contribution in [2.45, 2.75) is 38.8 Å². The van der Waals surface area contributed by atoms with Gasteiger partial charge in [0.2, 0.25) is 0 Å². The molecule has 6 heteroatoms. The molecular weight excluding hydrogens is 801 g/mol. The van der Waals surface area contributed by atoms with Crippen LogP contribution in [-0.4, -0.2) is 34.1 Å². The Labute approximate surface area is 243 Å². The van der Waals surface area contributed by atoms with Crippen LogP contribution in [0.3, 0.4) is 0 Å². The molecule has 0 spiro atoms. The summed E-state index contributed by atoms with van der Waals surface area (Å²) in [6.07, 6.45) is 3.58. The van der Waals surface area contributed by atoms with E-state index in [0.29, 0.717) is 11.1 Å². The molecule has 0 bridgehead atoms. The van der Waals surface area contributed by atoms with E-state index in [9.17, 15) is 0 Å². The Hall–Kier alpha value is -2.04.